The first-order valence-electron chi connectivity index (χ1n) is 10.2. The van der Waals surface area contributed by atoms with Crippen LogP contribution in [0.4, 0.5) is 0 Å². The highest BCUT2D eigenvalue weighted by atomic mass is 16.2. The van der Waals surface area contributed by atoms with E-state index in [0.717, 1.165) is 49.2 Å². The second kappa shape index (κ2) is 6.80. The van der Waals surface area contributed by atoms with E-state index in [9.17, 15) is 9.59 Å². The first-order chi connectivity index (χ1) is 12.9. The summed E-state index contributed by atoms with van der Waals surface area (Å²) in [5, 5.41) is 4.83. The van der Waals surface area contributed by atoms with Crippen LogP contribution in [0.2, 0.25) is 0 Å². The van der Waals surface area contributed by atoms with E-state index in [4.69, 9.17) is 5.10 Å². The maximum atomic E-state index is 13.3. The SMILES string of the molecule is CC(C)n1nc(CN2CCCC2=O)c2c1CN(C(=O)C1(C)CC=CCC1)C2. The van der Waals surface area contributed by atoms with Crippen LogP contribution in [-0.2, 0) is 29.2 Å². The Morgan fingerprint density at radius 2 is 2.11 bits per heavy atom. The number of rotatable bonds is 4. The number of hydrogen-bond acceptors (Lipinski definition) is 3. The van der Waals surface area contributed by atoms with Gasteiger partial charge >= 0.3 is 0 Å². The lowest BCUT2D eigenvalue weighted by molar-refractivity contribution is -0.142. The fourth-order valence-electron chi connectivity index (χ4n) is 4.62. The molecule has 4 rings (SSSR count). The Bertz CT molecular complexity index is 794. The first kappa shape index (κ1) is 18.3. The average Bonchev–Trinajstić information content (AvgIpc) is 3.32. The van der Waals surface area contributed by atoms with E-state index in [0.29, 0.717) is 26.1 Å². The number of nitrogens with zero attached hydrogens (tertiary/aromatic N) is 4. The topological polar surface area (TPSA) is 58.4 Å². The molecule has 3 heterocycles. The standard InChI is InChI=1S/C21H30N4O2/c1-15(2)25-18-14-24(20(27)21(3)9-5-4-6-10-21)12-16(18)17(22-25)13-23-11-7-8-19(23)26/h4-5,15H,6-14H2,1-3H3. The predicted octanol–water partition coefficient (Wildman–Crippen LogP) is 3.18. The van der Waals surface area contributed by atoms with Gasteiger partial charge in [0.2, 0.25) is 11.8 Å². The molecule has 0 spiro atoms. The summed E-state index contributed by atoms with van der Waals surface area (Å²) in [6.07, 6.45) is 8.61. The number of allylic oxidation sites excluding steroid dienone is 2. The van der Waals surface area contributed by atoms with Crippen LogP contribution in [0.1, 0.15) is 75.9 Å². The van der Waals surface area contributed by atoms with E-state index in [-0.39, 0.29) is 23.3 Å². The highest BCUT2D eigenvalue weighted by Gasteiger charge is 2.40. The zero-order valence-electron chi connectivity index (χ0n) is 16.7. The van der Waals surface area contributed by atoms with Gasteiger partial charge in [0.05, 0.1) is 29.9 Å². The van der Waals surface area contributed by atoms with Crippen LogP contribution < -0.4 is 0 Å². The minimum atomic E-state index is -0.292. The molecule has 1 aliphatic carbocycles. The number of carbonyl (C=O) groups is 2. The fourth-order valence-corrected chi connectivity index (χ4v) is 4.62. The van der Waals surface area contributed by atoms with Gasteiger partial charge in [-0.05, 0) is 39.5 Å². The number of fused-ring (bicyclic) bond motifs is 1. The Hall–Kier alpha value is -2.11. The number of hydrogen-bond donors (Lipinski definition) is 0. The van der Waals surface area contributed by atoms with Gasteiger partial charge in [-0.1, -0.05) is 19.1 Å². The molecule has 2 amide bonds. The van der Waals surface area contributed by atoms with Gasteiger partial charge in [0, 0.05) is 31.1 Å². The minimum absolute atomic E-state index is 0.218. The van der Waals surface area contributed by atoms with Gasteiger partial charge in [0.15, 0.2) is 0 Å². The van der Waals surface area contributed by atoms with Crippen molar-refractivity contribution >= 4 is 11.8 Å². The molecule has 6 heteroatoms. The van der Waals surface area contributed by atoms with E-state index >= 15 is 0 Å². The lowest BCUT2D eigenvalue weighted by Gasteiger charge is -2.33. The van der Waals surface area contributed by atoms with Crippen molar-refractivity contribution in [2.45, 2.75) is 78.6 Å². The van der Waals surface area contributed by atoms with Crippen molar-refractivity contribution in [3.63, 3.8) is 0 Å². The smallest absolute Gasteiger partial charge is 0.229 e. The minimum Gasteiger partial charge on any atom is -0.337 e. The summed E-state index contributed by atoms with van der Waals surface area (Å²) in [6, 6.07) is 0.241. The summed E-state index contributed by atoms with van der Waals surface area (Å²) >= 11 is 0. The molecule has 1 unspecified atom stereocenters. The number of carbonyl (C=O) groups excluding carboxylic acids is 2. The van der Waals surface area contributed by atoms with Crippen molar-refractivity contribution < 1.29 is 9.59 Å². The third-order valence-electron chi connectivity index (χ3n) is 6.29. The molecule has 0 bridgehead atoms. The maximum absolute atomic E-state index is 13.3. The monoisotopic (exact) mass is 370 g/mol. The highest BCUT2D eigenvalue weighted by Crippen LogP contribution is 2.38. The Labute approximate surface area is 161 Å². The molecule has 0 radical (unpaired) electrons. The third kappa shape index (κ3) is 3.19. The molecule has 1 saturated heterocycles. The van der Waals surface area contributed by atoms with E-state index in [2.05, 4.69) is 37.6 Å². The number of likely N-dealkylation sites (tertiary alicyclic amines) is 1. The fraction of sp³-hybridized carbons (Fsp3) is 0.667. The zero-order chi connectivity index (χ0) is 19.2. The number of amides is 2. The van der Waals surface area contributed by atoms with Crippen LogP contribution in [0.5, 0.6) is 0 Å². The summed E-state index contributed by atoms with van der Waals surface area (Å²) in [5.41, 5.74) is 2.99. The molecule has 1 atom stereocenters. The Balaban J connectivity index is 1.58. The highest BCUT2D eigenvalue weighted by molar-refractivity contribution is 5.83. The molecule has 27 heavy (non-hydrogen) atoms. The molecule has 146 valence electrons. The lowest BCUT2D eigenvalue weighted by atomic mass is 9.78. The second-order valence-electron chi connectivity index (χ2n) is 8.77. The maximum Gasteiger partial charge on any atom is 0.229 e. The lowest BCUT2D eigenvalue weighted by Crippen LogP contribution is -2.40. The van der Waals surface area contributed by atoms with E-state index < -0.39 is 0 Å². The van der Waals surface area contributed by atoms with Gasteiger partial charge in [-0.3, -0.25) is 14.3 Å². The van der Waals surface area contributed by atoms with Crippen molar-refractivity contribution in [3.05, 3.63) is 29.1 Å². The third-order valence-corrected chi connectivity index (χ3v) is 6.29. The number of aromatic nitrogens is 2. The molecule has 0 N–H and O–H groups in total. The van der Waals surface area contributed by atoms with Crippen molar-refractivity contribution in [1.82, 2.24) is 19.6 Å². The molecule has 2 aliphatic heterocycles. The molecule has 0 aromatic carbocycles. The van der Waals surface area contributed by atoms with Gasteiger partial charge in [0.25, 0.3) is 0 Å². The van der Waals surface area contributed by atoms with Crippen molar-refractivity contribution in [3.8, 4) is 0 Å². The van der Waals surface area contributed by atoms with Crippen molar-refractivity contribution in [2.24, 2.45) is 5.41 Å². The van der Waals surface area contributed by atoms with Gasteiger partial charge in [0.1, 0.15) is 0 Å². The van der Waals surface area contributed by atoms with Crippen LogP contribution in [0.3, 0.4) is 0 Å². The Kier molecular flexibility index (Phi) is 4.60. The molecule has 1 fully saturated rings. The van der Waals surface area contributed by atoms with Crippen molar-refractivity contribution in [1.29, 1.82) is 0 Å². The molecular weight excluding hydrogens is 340 g/mol. The normalized spacial score (nSPS) is 25.0. The van der Waals surface area contributed by atoms with Crippen LogP contribution in [0.25, 0.3) is 0 Å². The predicted molar refractivity (Wildman–Crippen MR) is 103 cm³/mol. The zero-order valence-corrected chi connectivity index (χ0v) is 16.7. The van der Waals surface area contributed by atoms with Gasteiger partial charge < -0.3 is 9.80 Å². The van der Waals surface area contributed by atoms with Crippen LogP contribution in [0.15, 0.2) is 12.2 Å². The van der Waals surface area contributed by atoms with Crippen LogP contribution >= 0.6 is 0 Å². The first-order valence-corrected chi connectivity index (χ1v) is 10.2. The van der Waals surface area contributed by atoms with Crippen LogP contribution in [0, 0.1) is 5.41 Å². The van der Waals surface area contributed by atoms with E-state index in [1.54, 1.807) is 0 Å². The van der Waals surface area contributed by atoms with Crippen molar-refractivity contribution in [2.75, 3.05) is 6.54 Å². The summed E-state index contributed by atoms with van der Waals surface area (Å²) < 4.78 is 2.06. The second-order valence-corrected chi connectivity index (χ2v) is 8.77. The summed E-state index contributed by atoms with van der Waals surface area (Å²) in [5.74, 6) is 0.469. The molecular formula is C21H30N4O2. The summed E-state index contributed by atoms with van der Waals surface area (Å²) in [6.45, 7) is 8.98. The molecule has 6 nitrogen and oxygen atoms in total. The van der Waals surface area contributed by atoms with Gasteiger partial charge in [-0.25, -0.2) is 0 Å². The summed E-state index contributed by atoms with van der Waals surface area (Å²) in [4.78, 5) is 29.2. The van der Waals surface area contributed by atoms with E-state index in [1.165, 1.54) is 0 Å². The molecule has 3 aliphatic rings. The Morgan fingerprint density at radius 1 is 1.30 bits per heavy atom. The van der Waals surface area contributed by atoms with Crippen LogP contribution in [-0.4, -0.2) is 37.9 Å². The quantitative estimate of drug-likeness (QED) is 0.765. The Morgan fingerprint density at radius 3 is 2.74 bits per heavy atom. The molecule has 0 saturated carbocycles. The molecule has 1 aromatic rings. The summed E-state index contributed by atoms with van der Waals surface area (Å²) in [7, 11) is 0. The molecule has 1 aromatic heterocycles. The average molecular weight is 370 g/mol. The largest absolute Gasteiger partial charge is 0.337 e. The van der Waals surface area contributed by atoms with Gasteiger partial charge in [-0.2, -0.15) is 5.10 Å². The van der Waals surface area contributed by atoms with Gasteiger partial charge in [-0.15, -0.1) is 0 Å². The van der Waals surface area contributed by atoms with E-state index in [1.807, 2.05) is 9.80 Å².